The summed E-state index contributed by atoms with van der Waals surface area (Å²) in [5.41, 5.74) is 3.14. The summed E-state index contributed by atoms with van der Waals surface area (Å²) in [6.07, 6.45) is 3.36. The van der Waals surface area contributed by atoms with Crippen molar-refractivity contribution < 1.29 is 13.6 Å². The normalized spacial score (nSPS) is 15.6. The summed E-state index contributed by atoms with van der Waals surface area (Å²) < 4.78 is 11.1. The molecule has 1 saturated heterocycles. The van der Waals surface area contributed by atoms with Crippen molar-refractivity contribution in [2.75, 3.05) is 25.0 Å². The molecule has 1 aromatic carbocycles. The SMILES string of the molecule is Cc1cc(C)cc(NC(=O)CN2CCC(c3nnc(-c4ccco4)o3)CC2)c1. The van der Waals surface area contributed by atoms with E-state index in [9.17, 15) is 4.79 Å². The van der Waals surface area contributed by atoms with Gasteiger partial charge in [-0.15, -0.1) is 10.2 Å². The summed E-state index contributed by atoms with van der Waals surface area (Å²) in [7, 11) is 0. The third kappa shape index (κ3) is 4.31. The van der Waals surface area contributed by atoms with E-state index in [4.69, 9.17) is 8.83 Å². The highest BCUT2D eigenvalue weighted by Gasteiger charge is 2.26. The summed E-state index contributed by atoms with van der Waals surface area (Å²) in [5.74, 6) is 1.87. The van der Waals surface area contributed by atoms with E-state index in [-0.39, 0.29) is 11.8 Å². The first-order valence-electron chi connectivity index (χ1n) is 9.54. The molecule has 1 N–H and O–H groups in total. The van der Waals surface area contributed by atoms with Crippen molar-refractivity contribution in [3.05, 3.63) is 53.6 Å². The lowest BCUT2D eigenvalue weighted by molar-refractivity contribution is -0.117. The number of likely N-dealkylation sites (tertiary alicyclic amines) is 1. The van der Waals surface area contributed by atoms with E-state index in [1.54, 1.807) is 18.4 Å². The van der Waals surface area contributed by atoms with Gasteiger partial charge in [-0.3, -0.25) is 9.69 Å². The van der Waals surface area contributed by atoms with Crippen LogP contribution in [0.15, 0.2) is 45.4 Å². The zero-order valence-electron chi connectivity index (χ0n) is 16.1. The van der Waals surface area contributed by atoms with E-state index in [0.29, 0.717) is 24.1 Å². The molecule has 0 spiro atoms. The number of benzene rings is 1. The van der Waals surface area contributed by atoms with Crippen molar-refractivity contribution in [1.82, 2.24) is 15.1 Å². The van der Waals surface area contributed by atoms with Crippen LogP contribution in [0.5, 0.6) is 0 Å². The van der Waals surface area contributed by atoms with Gasteiger partial charge in [0.25, 0.3) is 5.89 Å². The van der Waals surface area contributed by atoms with Gasteiger partial charge in [0.15, 0.2) is 5.76 Å². The molecule has 3 aromatic rings. The van der Waals surface area contributed by atoms with Gasteiger partial charge in [-0.2, -0.15) is 0 Å². The molecule has 1 amide bonds. The largest absolute Gasteiger partial charge is 0.459 e. The van der Waals surface area contributed by atoms with Gasteiger partial charge in [-0.05, 0) is 75.2 Å². The minimum absolute atomic E-state index is 0.0151. The van der Waals surface area contributed by atoms with E-state index >= 15 is 0 Å². The number of piperidine rings is 1. The maximum absolute atomic E-state index is 12.4. The number of aromatic nitrogens is 2. The predicted octanol–water partition coefficient (Wildman–Crippen LogP) is 3.76. The molecular weight excluding hydrogens is 356 g/mol. The Hall–Kier alpha value is -2.93. The molecule has 0 radical (unpaired) electrons. The molecule has 0 atom stereocenters. The number of aryl methyl sites for hydroxylation is 2. The molecule has 2 aromatic heterocycles. The maximum Gasteiger partial charge on any atom is 0.283 e. The third-order valence-electron chi connectivity index (χ3n) is 4.98. The molecule has 0 bridgehead atoms. The number of rotatable bonds is 5. The molecule has 0 aliphatic carbocycles. The van der Waals surface area contributed by atoms with Crippen LogP contribution >= 0.6 is 0 Å². The fraction of sp³-hybridized carbons (Fsp3) is 0.381. The molecule has 0 unspecified atom stereocenters. The van der Waals surface area contributed by atoms with Crippen molar-refractivity contribution in [2.24, 2.45) is 0 Å². The topological polar surface area (TPSA) is 84.4 Å². The van der Waals surface area contributed by atoms with Gasteiger partial charge < -0.3 is 14.2 Å². The standard InChI is InChI=1S/C21H24N4O3/c1-14-10-15(2)12-17(11-14)22-19(26)13-25-7-5-16(6-8-25)20-23-24-21(28-20)18-4-3-9-27-18/h3-4,9-12,16H,5-8,13H2,1-2H3,(H,22,26). The first-order valence-corrected chi connectivity index (χ1v) is 9.54. The first kappa shape index (κ1) is 18.4. The summed E-state index contributed by atoms with van der Waals surface area (Å²) in [6, 6.07) is 9.66. The highest BCUT2D eigenvalue weighted by Crippen LogP contribution is 2.29. The van der Waals surface area contributed by atoms with Gasteiger partial charge in [-0.1, -0.05) is 6.07 Å². The van der Waals surface area contributed by atoms with Gasteiger partial charge in [0, 0.05) is 11.6 Å². The van der Waals surface area contributed by atoms with Crippen LogP contribution in [0.3, 0.4) is 0 Å². The molecule has 28 heavy (non-hydrogen) atoms. The number of hydrogen-bond donors (Lipinski definition) is 1. The highest BCUT2D eigenvalue weighted by molar-refractivity contribution is 5.92. The van der Waals surface area contributed by atoms with Gasteiger partial charge >= 0.3 is 0 Å². The van der Waals surface area contributed by atoms with Gasteiger partial charge in [0.05, 0.1) is 12.8 Å². The number of carbonyl (C=O) groups is 1. The van der Waals surface area contributed by atoms with E-state index in [1.165, 1.54) is 0 Å². The number of anilines is 1. The van der Waals surface area contributed by atoms with Gasteiger partial charge in [0.2, 0.25) is 11.8 Å². The number of nitrogens with one attached hydrogen (secondary N) is 1. The van der Waals surface area contributed by atoms with Crippen molar-refractivity contribution >= 4 is 11.6 Å². The predicted molar refractivity (Wildman–Crippen MR) is 105 cm³/mol. The molecular formula is C21H24N4O3. The van der Waals surface area contributed by atoms with E-state index in [2.05, 4.69) is 26.5 Å². The van der Waals surface area contributed by atoms with E-state index in [0.717, 1.165) is 42.7 Å². The zero-order valence-corrected chi connectivity index (χ0v) is 16.1. The Balaban J connectivity index is 1.29. The second-order valence-corrected chi connectivity index (χ2v) is 7.40. The molecule has 7 heteroatoms. The second-order valence-electron chi connectivity index (χ2n) is 7.40. The Morgan fingerprint density at radius 1 is 1.18 bits per heavy atom. The number of nitrogens with zero attached hydrogens (tertiary/aromatic N) is 3. The lowest BCUT2D eigenvalue weighted by atomic mass is 9.97. The molecule has 146 valence electrons. The minimum atomic E-state index is 0.0151. The number of amides is 1. The summed E-state index contributed by atoms with van der Waals surface area (Å²) in [5, 5.41) is 11.3. The quantitative estimate of drug-likeness (QED) is 0.725. The number of carbonyl (C=O) groups excluding carboxylic acids is 1. The Labute approximate surface area is 163 Å². The van der Waals surface area contributed by atoms with Crippen LogP contribution in [-0.2, 0) is 4.79 Å². The number of furan rings is 1. The summed E-state index contributed by atoms with van der Waals surface area (Å²) in [4.78, 5) is 14.6. The van der Waals surface area contributed by atoms with Crippen molar-refractivity contribution in [3.8, 4) is 11.7 Å². The lowest BCUT2D eigenvalue weighted by Crippen LogP contribution is -2.38. The van der Waals surface area contributed by atoms with Gasteiger partial charge in [-0.25, -0.2) is 0 Å². The van der Waals surface area contributed by atoms with E-state index < -0.39 is 0 Å². The Kier molecular flexibility index (Phi) is 5.25. The third-order valence-corrected chi connectivity index (χ3v) is 4.98. The fourth-order valence-corrected chi connectivity index (χ4v) is 3.69. The zero-order chi connectivity index (χ0) is 19.5. The van der Waals surface area contributed by atoms with Crippen molar-refractivity contribution in [3.63, 3.8) is 0 Å². The monoisotopic (exact) mass is 380 g/mol. The van der Waals surface area contributed by atoms with Crippen molar-refractivity contribution in [1.29, 1.82) is 0 Å². The second kappa shape index (κ2) is 7.98. The molecule has 3 heterocycles. The Bertz CT molecular complexity index is 920. The average molecular weight is 380 g/mol. The highest BCUT2D eigenvalue weighted by atomic mass is 16.4. The Morgan fingerprint density at radius 2 is 1.93 bits per heavy atom. The summed E-state index contributed by atoms with van der Waals surface area (Å²) >= 11 is 0. The van der Waals surface area contributed by atoms with Crippen LogP contribution in [0.2, 0.25) is 0 Å². The van der Waals surface area contributed by atoms with Crippen LogP contribution in [0, 0.1) is 13.8 Å². The van der Waals surface area contributed by atoms with Crippen LogP contribution in [0.4, 0.5) is 5.69 Å². The van der Waals surface area contributed by atoms with Crippen LogP contribution in [0.25, 0.3) is 11.7 Å². The number of hydrogen-bond acceptors (Lipinski definition) is 6. The van der Waals surface area contributed by atoms with Crippen molar-refractivity contribution in [2.45, 2.75) is 32.6 Å². The van der Waals surface area contributed by atoms with Crippen LogP contribution < -0.4 is 5.32 Å². The molecule has 1 aliphatic heterocycles. The molecule has 1 aliphatic rings. The Morgan fingerprint density at radius 3 is 2.61 bits per heavy atom. The van der Waals surface area contributed by atoms with E-state index in [1.807, 2.05) is 26.0 Å². The molecule has 4 rings (SSSR count). The lowest BCUT2D eigenvalue weighted by Gasteiger charge is -2.29. The molecule has 0 saturated carbocycles. The summed E-state index contributed by atoms with van der Waals surface area (Å²) in [6.45, 7) is 6.10. The fourth-order valence-electron chi connectivity index (χ4n) is 3.69. The maximum atomic E-state index is 12.4. The molecule has 1 fully saturated rings. The first-order chi connectivity index (χ1) is 13.6. The van der Waals surface area contributed by atoms with Crippen LogP contribution in [-0.4, -0.2) is 40.6 Å². The average Bonchev–Trinajstić information content (AvgIpc) is 3.33. The van der Waals surface area contributed by atoms with Gasteiger partial charge in [0.1, 0.15) is 0 Å². The smallest absolute Gasteiger partial charge is 0.283 e. The van der Waals surface area contributed by atoms with Crippen LogP contribution in [0.1, 0.15) is 35.8 Å². The minimum Gasteiger partial charge on any atom is -0.459 e. The molecule has 7 nitrogen and oxygen atoms in total.